The van der Waals surface area contributed by atoms with Gasteiger partial charge in [-0.05, 0) is 18.6 Å². The van der Waals surface area contributed by atoms with E-state index in [0.29, 0.717) is 17.9 Å². The van der Waals surface area contributed by atoms with Crippen molar-refractivity contribution in [3.05, 3.63) is 23.8 Å². The normalized spacial score (nSPS) is 20.8. The summed E-state index contributed by atoms with van der Waals surface area (Å²) in [6.07, 6.45) is 1.03. The number of fused-ring (bicyclic) bond motifs is 1. The monoisotopic (exact) mass is 306 g/mol. The largest absolute Gasteiger partial charge is 0.489 e. The minimum absolute atomic E-state index is 0.0915. The third-order valence-electron chi connectivity index (χ3n) is 4.03. The average molecular weight is 306 g/mol. The molecule has 1 saturated heterocycles. The first kappa shape index (κ1) is 14.6. The number of benzene rings is 1. The maximum Gasteiger partial charge on any atom is 0.257 e. The topological polar surface area (TPSA) is 41.6 Å². The van der Waals surface area contributed by atoms with Crippen molar-refractivity contribution in [3.8, 4) is 5.75 Å². The molecule has 0 spiro atoms. The Labute approximate surface area is 130 Å². The van der Waals surface area contributed by atoms with Crippen molar-refractivity contribution in [1.82, 2.24) is 4.90 Å². The second-order valence-electron chi connectivity index (χ2n) is 6.11. The van der Waals surface area contributed by atoms with Crippen molar-refractivity contribution in [2.45, 2.75) is 25.0 Å². The fourth-order valence-corrected chi connectivity index (χ4v) is 3.83. The lowest BCUT2D eigenvalue weighted by molar-refractivity contribution is 0.0760. The van der Waals surface area contributed by atoms with Crippen LogP contribution < -0.4 is 10.1 Å². The molecule has 1 fully saturated rings. The molecular weight excluding hydrogens is 284 g/mol. The summed E-state index contributed by atoms with van der Waals surface area (Å²) in [4.78, 5) is 14.8. The maximum absolute atomic E-state index is 12.8. The number of amides is 1. The van der Waals surface area contributed by atoms with Crippen LogP contribution in [0.15, 0.2) is 18.2 Å². The van der Waals surface area contributed by atoms with Crippen LogP contribution in [0.25, 0.3) is 0 Å². The van der Waals surface area contributed by atoms with Crippen molar-refractivity contribution in [1.29, 1.82) is 0 Å². The van der Waals surface area contributed by atoms with E-state index in [4.69, 9.17) is 4.74 Å². The van der Waals surface area contributed by atoms with E-state index in [1.807, 2.05) is 34.9 Å². The van der Waals surface area contributed by atoms with E-state index in [-0.39, 0.29) is 10.7 Å². The van der Waals surface area contributed by atoms with Crippen molar-refractivity contribution >= 4 is 23.4 Å². The summed E-state index contributed by atoms with van der Waals surface area (Å²) in [6.45, 7) is 7.53. The smallest absolute Gasteiger partial charge is 0.257 e. The number of carbonyl (C=O) groups is 1. The van der Waals surface area contributed by atoms with E-state index in [1.165, 1.54) is 0 Å². The van der Waals surface area contributed by atoms with Gasteiger partial charge in [-0.1, -0.05) is 19.9 Å². The molecule has 4 nitrogen and oxygen atoms in total. The molecule has 3 rings (SSSR count). The molecule has 0 aliphatic carbocycles. The lowest BCUT2D eigenvalue weighted by atomic mass is 10.1. The summed E-state index contributed by atoms with van der Waals surface area (Å²) in [5.74, 6) is 1.80. The minimum Gasteiger partial charge on any atom is -0.489 e. The number of hydrogen-bond acceptors (Lipinski definition) is 4. The first-order valence-corrected chi connectivity index (χ1v) is 8.48. The summed E-state index contributed by atoms with van der Waals surface area (Å²) in [5.41, 5.74) is 1.61. The highest BCUT2D eigenvalue weighted by molar-refractivity contribution is 8.00. The molecule has 21 heavy (non-hydrogen) atoms. The van der Waals surface area contributed by atoms with Gasteiger partial charge in [0.25, 0.3) is 5.91 Å². The predicted molar refractivity (Wildman–Crippen MR) is 87.5 cm³/mol. The van der Waals surface area contributed by atoms with Gasteiger partial charge in [0.2, 0.25) is 0 Å². The number of thioether (sulfide) groups is 1. The molecule has 5 heteroatoms. The number of anilines is 1. The van der Waals surface area contributed by atoms with Crippen LogP contribution in [-0.2, 0) is 0 Å². The van der Waals surface area contributed by atoms with Crippen molar-refractivity contribution < 1.29 is 9.53 Å². The zero-order valence-electron chi connectivity index (χ0n) is 12.6. The second kappa shape index (κ2) is 5.79. The van der Waals surface area contributed by atoms with Crippen molar-refractivity contribution in [3.63, 3.8) is 0 Å². The lowest BCUT2D eigenvalue weighted by Gasteiger charge is -2.26. The van der Waals surface area contributed by atoms with Gasteiger partial charge >= 0.3 is 0 Å². The van der Waals surface area contributed by atoms with Crippen LogP contribution in [0, 0.1) is 0 Å². The molecule has 1 aromatic carbocycles. The number of carbonyl (C=O) groups excluding carboxylic acids is 1. The summed E-state index contributed by atoms with van der Waals surface area (Å²) >= 11 is 1.95. The molecule has 0 saturated carbocycles. The quantitative estimate of drug-likeness (QED) is 0.866. The van der Waals surface area contributed by atoms with Crippen LogP contribution in [0.1, 0.15) is 30.6 Å². The summed E-state index contributed by atoms with van der Waals surface area (Å²) in [7, 11) is 0. The fraction of sp³-hybridized carbons (Fsp3) is 0.562. The van der Waals surface area contributed by atoms with Crippen LogP contribution in [0.3, 0.4) is 0 Å². The zero-order chi connectivity index (χ0) is 14.9. The number of rotatable bonds is 1. The van der Waals surface area contributed by atoms with Gasteiger partial charge in [0, 0.05) is 30.1 Å². The Morgan fingerprint density at radius 3 is 3.10 bits per heavy atom. The van der Waals surface area contributed by atoms with E-state index in [9.17, 15) is 4.79 Å². The first-order chi connectivity index (χ1) is 10.1. The number of para-hydroxylation sites is 1. The van der Waals surface area contributed by atoms with Gasteiger partial charge in [0.05, 0.1) is 11.3 Å². The van der Waals surface area contributed by atoms with Crippen LogP contribution in [-0.4, -0.2) is 47.5 Å². The van der Waals surface area contributed by atoms with Gasteiger partial charge in [0.15, 0.2) is 5.75 Å². The highest BCUT2D eigenvalue weighted by atomic mass is 32.2. The number of ether oxygens (including phenoxy) is 1. The third kappa shape index (κ3) is 3.12. The van der Waals surface area contributed by atoms with E-state index >= 15 is 0 Å². The Morgan fingerprint density at radius 2 is 2.24 bits per heavy atom. The Morgan fingerprint density at radius 1 is 1.38 bits per heavy atom. The Bertz CT molecular complexity index is 545. The van der Waals surface area contributed by atoms with Crippen LogP contribution in [0.4, 0.5) is 5.69 Å². The lowest BCUT2D eigenvalue weighted by Crippen LogP contribution is -2.34. The molecule has 2 heterocycles. The molecule has 2 aliphatic rings. The second-order valence-corrected chi connectivity index (χ2v) is 7.91. The highest BCUT2D eigenvalue weighted by Gasteiger charge is 2.28. The zero-order valence-corrected chi connectivity index (χ0v) is 13.5. The SMILES string of the molecule is CC1(C)CCN(C(=O)c2cccc3c2OCCN3)CCS1. The molecule has 1 aromatic rings. The molecular formula is C16H22N2O2S. The number of nitrogens with zero attached hydrogens (tertiary/aromatic N) is 1. The average Bonchev–Trinajstić information content (AvgIpc) is 2.67. The maximum atomic E-state index is 12.8. The predicted octanol–water partition coefficient (Wildman–Crippen LogP) is 2.85. The molecule has 0 aromatic heterocycles. The van der Waals surface area contributed by atoms with Gasteiger partial charge in [-0.25, -0.2) is 0 Å². The van der Waals surface area contributed by atoms with E-state index in [1.54, 1.807) is 0 Å². The molecule has 1 amide bonds. The summed E-state index contributed by atoms with van der Waals surface area (Å²) in [5, 5.41) is 3.29. The van der Waals surface area contributed by atoms with Gasteiger partial charge in [0.1, 0.15) is 6.61 Å². The van der Waals surface area contributed by atoms with E-state index in [2.05, 4.69) is 19.2 Å². The fourth-order valence-electron chi connectivity index (χ4n) is 2.73. The standard InChI is InChI=1S/C16H22N2O2S/c1-16(2)6-8-18(9-11-21-16)15(19)12-4-3-5-13-14(12)20-10-7-17-13/h3-5,17H,6-11H2,1-2H3. The van der Waals surface area contributed by atoms with E-state index in [0.717, 1.165) is 37.5 Å². The highest BCUT2D eigenvalue weighted by Crippen LogP contribution is 2.34. The van der Waals surface area contributed by atoms with Gasteiger partial charge in [-0.2, -0.15) is 11.8 Å². The Balaban J connectivity index is 1.82. The van der Waals surface area contributed by atoms with E-state index < -0.39 is 0 Å². The van der Waals surface area contributed by atoms with Gasteiger partial charge in [-0.3, -0.25) is 4.79 Å². The molecule has 114 valence electrons. The first-order valence-electron chi connectivity index (χ1n) is 7.50. The number of nitrogens with one attached hydrogen (secondary N) is 1. The Hall–Kier alpha value is -1.36. The summed E-state index contributed by atoms with van der Waals surface area (Å²) in [6, 6.07) is 5.76. The molecule has 1 N–H and O–H groups in total. The number of hydrogen-bond donors (Lipinski definition) is 1. The molecule has 0 bridgehead atoms. The summed E-state index contributed by atoms with van der Waals surface area (Å²) < 4.78 is 5.98. The Kier molecular flexibility index (Phi) is 4.02. The van der Waals surface area contributed by atoms with Crippen LogP contribution in [0.2, 0.25) is 0 Å². The van der Waals surface area contributed by atoms with Crippen LogP contribution in [0.5, 0.6) is 5.75 Å². The minimum atomic E-state index is 0.0915. The molecule has 2 aliphatic heterocycles. The van der Waals surface area contributed by atoms with Crippen LogP contribution >= 0.6 is 11.8 Å². The van der Waals surface area contributed by atoms with Gasteiger partial charge in [-0.15, -0.1) is 0 Å². The van der Waals surface area contributed by atoms with Crippen molar-refractivity contribution in [2.24, 2.45) is 0 Å². The third-order valence-corrected chi connectivity index (χ3v) is 5.41. The molecule has 0 radical (unpaired) electrons. The van der Waals surface area contributed by atoms with Gasteiger partial charge < -0.3 is 15.0 Å². The molecule has 0 unspecified atom stereocenters. The molecule has 0 atom stereocenters. The van der Waals surface area contributed by atoms with Crippen molar-refractivity contribution in [2.75, 3.05) is 37.3 Å².